The van der Waals surface area contributed by atoms with Gasteiger partial charge in [-0.3, -0.25) is 4.99 Å². The maximum atomic E-state index is 11.3. The van der Waals surface area contributed by atoms with E-state index in [1.807, 2.05) is 0 Å². The molecule has 13 heavy (non-hydrogen) atoms. The van der Waals surface area contributed by atoms with E-state index in [2.05, 4.69) is 4.99 Å². The molecule has 0 aromatic rings. The van der Waals surface area contributed by atoms with Crippen LogP contribution in [0.25, 0.3) is 0 Å². The lowest BCUT2D eigenvalue weighted by atomic mass is 10.4. The third-order valence-corrected chi connectivity index (χ3v) is 1.85. The molecule has 0 saturated carbocycles. The fourth-order valence-electron chi connectivity index (χ4n) is 1.15. The molecule has 5 nitrogen and oxygen atoms in total. The minimum absolute atomic E-state index is 0.271. The van der Waals surface area contributed by atoms with Crippen LogP contribution in [0.3, 0.4) is 0 Å². The van der Waals surface area contributed by atoms with Crippen LogP contribution in [0.1, 0.15) is 13.3 Å². The van der Waals surface area contributed by atoms with Crippen molar-refractivity contribution in [2.24, 2.45) is 10.7 Å². The molecular formula is C8H15N3O2. The number of aliphatic imine (C=N–C) groups is 1. The van der Waals surface area contributed by atoms with E-state index in [4.69, 9.17) is 10.5 Å². The van der Waals surface area contributed by atoms with Crippen molar-refractivity contribution < 1.29 is 9.53 Å². The lowest BCUT2D eigenvalue weighted by molar-refractivity contribution is 0.110. The third-order valence-electron chi connectivity index (χ3n) is 1.85. The maximum absolute atomic E-state index is 11.3. The summed E-state index contributed by atoms with van der Waals surface area (Å²) in [6.45, 7) is 3.98. The minimum Gasteiger partial charge on any atom is -0.450 e. The quantitative estimate of drug-likeness (QED) is 0.634. The number of nitrogens with zero attached hydrogens (tertiary/aromatic N) is 2. The molecule has 0 aliphatic carbocycles. The van der Waals surface area contributed by atoms with E-state index in [1.165, 1.54) is 0 Å². The lowest BCUT2D eigenvalue weighted by Gasteiger charge is -2.18. The second-order valence-electron chi connectivity index (χ2n) is 2.81. The van der Waals surface area contributed by atoms with Crippen LogP contribution in [0.15, 0.2) is 4.99 Å². The first-order valence-corrected chi connectivity index (χ1v) is 4.44. The van der Waals surface area contributed by atoms with Gasteiger partial charge in [-0.25, -0.2) is 4.79 Å². The largest absolute Gasteiger partial charge is 0.450 e. The molecule has 0 unspecified atom stereocenters. The standard InChI is InChI=1S/C8H15N3O2/c1-2-13-8(12)11-5-3-7(9)10-4-6-11/h2-6H2,1H3,(H2,9,10). The Morgan fingerprint density at radius 3 is 3.15 bits per heavy atom. The van der Waals surface area contributed by atoms with E-state index in [-0.39, 0.29) is 6.09 Å². The lowest BCUT2D eigenvalue weighted by Crippen LogP contribution is -2.34. The minimum atomic E-state index is -0.271. The summed E-state index contributed by atoms with van der Waals surface area (Å²) in [6, 6.07) is 0. The van der Waals surface area contributed by atoms with E-state index in [1.54, 1.807) is 11.8 Å². The second-order valence-corrected chi connectivity index (χ2v) is 2.81. The summed E-state index contributed by atoms with van der Waals surface area (Å²) >= 11 is 0. The molecule has 1 rings (SSSR count). The monoisotopic (exact) mass is 185 g/mol. The number of carbonyl (C=O) groups excluding carboxylic acids is 1. The van der Waals surface area contributed by atoms with Crippen molar-refractivity contribution in [3.63, 3.8) is 0 Å². The molecule has 0 radical (unpaired) electrons. The molecule has 74 valence electrons. The number of nitrogens with two attached hydrogens (primary N) is 1. The predicted octanol–water partition coefficient (Wildman–Crippen LogP) is 0.206. The zero-order valence-corrected chi connectivity index (χ0v) is 7.82. The topological polar surface area (TPSA) is 67.9 Å². The van der Waals surface area contributed by atoms with Gasteiger partial charge in [-0.15, -0.1) is 0 Å². The molecule has 0 spiro atoms. The average Bonchev–Trinajstić information content (AvgIpc) is 2.30. The van der Waals surface area contributed by atoms with Crippen LogP contribution in [0.2, 0.25) is 0 Å². The van der Waals surface area contributed by atoms with Gasteiger partial charge in [0, 0.05) is 19.5 Å². The molecule has 1 aliphatic heterocycles. The number of hydrogen-bond acceptors (Lipinski definition) is 4. The van der Waals surface area contributed by atoms with E-state index in [9.17, 15) is 4.79 Å². The molecule has 5 heteroatoms. The fourth-order valence-corrected chi connectivity index (χ4v) is 1.15. The SMILES string of the molecule is CCOC(=O)N1CCN=C(N)CC1. The summed E-state index contributed by atoms with van der Waals surface area (Å²) in [4.78, 5) is 17.0. The highest BCUT2D eigenvalue weighted by Gasteiger charge is 2.16. The van der Waals surface area contributed by atoms with Crippen LogP contribution < -0.4 is 5.73 Å². The Balaban J connectivity index is 2.41. The van der Waals surface area contributed by atoms with Crippen LogP contribution in [0, 0.1) is 0 Å². The molecule has 0 atom stereocenters. The summed E-state index contributed by atoms with van der Waals surface area (Å²) < 4.78 is 4.87. The number of amidine groups is 1. The van der Waals surface area contributed by atoms with Crippen molar-refractivity contribution in [2.45, 2.75) is 13.3 Å². The normalized spacial score (nSPS) is 17.6. The zero-order valence-electron chi connectivity index (χ0n) is 7.82. The van der Waals surface area contributed by atoms with Gasteiger partial charge in [0.1, 0.15) is 0 Å². The van der Waals surface area contributed by atoms with Crippen molar-refractivity contribution in [1.82, 2.24) is 4.90 Å². The van der Waals surface area contributed by atoms with Crippen LogP contribution in [-0.4, -0.2) is 43.1 Å². The molecule has 2 N–H and O–H groups in total. The zero-order chi connectivity index (χ0) is 9.68. The van der Waals surface area contributed by atoms with Crippen molar-refractivity contribution in [3.05, 3.63) is 0 Å². The first-order chi connectivity index (χ1) is 6.24. The molecule has 0 aromatic heterocycles. The molecule has 1 aliphatic rings. The van der Waals surface area contributed by atoms with Crippen LogP contribution in [0.4, 0.5) is 4.79 Å². The predicted molar refractivity (Wildman–Crippen MR) is 49.7 cm³/mol. The Labute approximate surface area is 77.6 Å². The maximum Gasteiger partial charge on any atom is 0.409 e. The van der Waals surface area contributed by atoms with E-state index >= 15 is 0 Å². The molecule has 0 aromatic carbocycles. The number of hydrogen-bond donors (Lipinski definition) is 1. The van der Waals surface area contributed by atoms with Gasteiger partial charge in [-0.05, 0) is 6.92 Å². The second kappa shape index (κ2) is 4.69. The van der Waals surface area contributed by atoms with Gasteiger partial charge in [0.05, 0.1) is 19.0 Å². The van der Waals surface area contributed by atoms with E-state index in [0.717, 1.165) is 0 Å². The first kappa shape index (κ1) is 9.83. The number of carbonyl (C=O) groups is 1. The molecule has 1 amide bonds. The smallest absolute Gasteiger partial charge is 0.409 e. The van der Waals surface area contributed by atoms with Gasteiger partial charge in [-0.1, -0.05) is 0 Å². The summed E-state index contributed by atoms with van der Waals surface area (Å²) in [5, 5.41) is 0. The average molecular weight is 185 g/mol. The summed E-state index contributed by atoms with van der Waals surface area (Å²) in [6.07, 6.45) is 0.367. The van der Waals surface area contributed by atoms with E-state index in [0.29, 0.717) is 38.5 Å². The van der Waals surface area contributed by atoms with Gasteiger partial charge in [-0.2, -0.15) is 0 Å². The van der Waals surface area contributed by atoms with Crippen molar-refractivity contribution in [3.8, 4) is 0 Å². The highest BCUT2D eigenvalue weighted by atomic mass is 16.6. The van der Waals surface area contributed by atoms with Crippen molar-refractivity contribution >= 4 is 11.9 Å². The Morgan fingerprint density at radius 2 is 2.46 bits per heavy atom. The first-order valence-electron chi connectivity index (χ1n) is 4.44. The Morgan fingerprint density at radius 1 is 1.69 bits per heavy atom. The van der Waals surface area contributed by atoms with Crippen molar-refractivity contribution in [1.29, 1.82) is 0 Å². The molecule has 0 fully saturated rings. The van der Waals surface area contributed by atoms with Crippen molar-refractivity contribution in [2.75, 3.05) is 26.2 Å². The van der Waals surface area contributed by atoms with Gasteiger partial charge in [0.2, 0.25) is 0 Å². The Kier molecular flexibility index (Phi) is 3.54. The van der Waals surface area contributed by atoms with Crippen LogP contribution in [-0.2, 0) is 4.74 Å². The highest BCUT2D eigenvalue weighted by molar-refractivity contribution is 5.81. The summed E-state index contributed by atoms with van der Waals surface area (Å²) in [5.41, 5.74) is 5.54. The Hall–Kier alpha value is -1.26. The number of amides is 1. The molecular weight excluding hydrogens is 170 g/mol. The van der Waals surface area contributed by atoms with Gasteiger partial charge in [0.25, 0.3) is 0 Å². The van der Waals surface area contributed by atoms with Gasteiger partial charge < -0.3 is 15.4 Å². The molecule has 0 saturated heterocycles. The third kappa shape index (κ3) is 2.93. The van der Waals surface area contributed by atoms with Gasteiger partial charge >= 0.3 is 6.09 Å². The Bertz CT molecular complexity index is 215. The fraction of sp³-hybridized carbons (Fsp3) is 0.750. The van der Waals surface area contributed by atoms with E-state index < -0.39 is 0 Å². The number of rotatable bonds is 1. The summed E-state index contributed by atoms with van der Waals surface area (Å²) in [7, 11) is 0. The highest BCUT2D eigenvalue weighted by Crippen LogP contribution is 2.00. The molecule has 0 bridgehead atoms. The summed E-state index contributed by atoms with van der Waals surface area (Å²) in [5.74, 6) is 0.617. The molecule has 1 heterocycles. The van der Waals surface area contributed by atoms with Gasteiger partial charge in [0.15, 0.2) is 0 Å². The number of ether oxygens (including phenoxy) is 1. The van der Waals surface area contributed by atoms with Crippen LogP contribution >= 0.6 is 0 Å². The van der Waals surface area contributed by atoms with Crippen LogP contribution in [0.5, 0.6) is 0 Å².